The van der Waals surface area contributed by atoms with Gasteiger partial charge in [-0.05, 0) is 12.2 Å². The van der Waals surface area contributed by atoms with E-state index in [2.05, 4.69) is 5.32 Å². The maximum atomic E-state index is 10.4. The maximum absolute atomic E-state index is 10.4. The Hall–Kier alpha value is -1.63. The van der Waals surface area contributed by atoms with E-state index < -0.39 is 4.92 Å². The molecule has 1 aliphatic heterocycles. The standard InChI is InChI=1S/C7H7N3O3S/c11-10(12)6-2-1-5(13-6)9-4-3-8-7(9)14/h1-2H,3-4H2,(H,8,14). The van der Waals surface area contributed by atoms with Gasteiger partial charge in [-0.2, -0.15) is 0 Å². The summed E-state index contributed by atoms with van der Waals surface area (Å²) >= 11 is 4.98. The van der Waals surface area contributed by atoms with Crippen LogP contribution in [0.1, 0.15) is 0 Å². The maximum Gasteiger partial charge on any atom is 0.434 e. The van der Waals surface area contributed by atoms with Gasteiger partial charge in [0.25, 0.3) is 0 Å². The van der Waals surface area contributed by atoms with E-state index in [4.69, 9.17) is 16.6 Å². The predicted molar refractivity (Wildman–Crippen MR) is 53.3 cm³/mol. The predicted octanol–water partition coefficient (Wildman–Crippen LogP) is 0.882. The van der Waals surface area contributed by atoms with E-state index in [0.717, 1.165) is 6.54 Å². The van der Waals surface area contributed by atoms with Gasteiger partial charge < -0.3 is 9.73 Å². The molecule has 7 heteroatoms. The third kappa shape index (κ3) is 1.41. The Morgan fingerprint density at radius 1 is 1.64 bits per heavy atom. The van der Waals surface area contributed by atoms with Crippen molar-refractivity contribution in [3.63, 3.8) is 0 Å². The molecule has 1 aliphatic rings. The molecule has 0 saturated carbocycles. The normalized spacial score (nSPS) is 15.7. The van der Waals surface area contributed by atoms with Crippen LogP contribution in [-0.2, 0) is 0 Å². The number of hydrogen-bond acceptors (Lipinski definition) is 4. The summed E-state index contributed by atoms with van der Waals surface area (Å²) in [5.74, 6) is 0.140. The lowest BCUT2D eigenvalue weighted by Gasteiger charge is -2.10. The zero-order chi connectivity index (χ0) is 10.1. The lowest BCUT2D eigenvalue weighted by atomic mass is 10.5. The minimum absolute atomic E-state index is 0.269. The van der Waals surface area contributed by atoms with Crippen molar-refractivity contribution in [2.45, 2.75) is 0 Å². The number of anilines is 1. The first-order chi connectivity index (χ1) is 6.68. The number of nitro groups is 1. The molecule has 0 radical (unpaired) electrons. The molecule has 2 rings (SSSR count). The van der Waals surface area contributed by atoms with Crippen LogP contribution in [0, 0.1) is 10.1 Å². The van der Waals surface area contributed by atoms with E-state index in [1.807, 2.05) is 0 Å². The van der Waals surface area contributed by atoms with Gasteiger partial charge in [0, 0.05) is 19.2 Å². The quantitative estimate of drug-likeness (QED) is 0.446. The number of thiocarbonyl (C=S) groups is 1. The van der Waals surface area contributed by atoms with Crippen molar-refractivity contribution in [3.05, 3.63) is 22.2 Å². The lowest BCUT2D eigenvalue weighted by molar-refractivity contribution is -0.401. The number of hydrogen-bond donors (Lipinski definition) is 1. The molecular weight excluding hydrogens is 206 g/mol. The van der Waals surface area contributed by atoms with Gasteiger partial charge in [0.1, 0.15) is 4.92 Å². The third-order valence-electron chi connectivity index (χ3n) is 1.88. The fourth-order valence-electron chi connectivity index (χ4n) is 1.24. The van der Waals surface area contributed by atoms with Crippen molar-refractivity contribution in [2.75, 3.05) is 18.0 Å². The number of nitrogens with zero attached hydrogens (tertiary/aromatic N) is 2. The molecule has 0 aromatic carbocycles. The molecule has 0 aliphatic carbocycles. The summed E-state index contributed by atoms with van der Waals surface area (Å²) in [6, 6.07) is 2.85. The van der Waals surface area contributed by atoms with Gasteiger partial charge in [0.15, 0.2) is 5.11 Å². The molecule has 1 aromatic heterocycles. The summed E-state index contributed by atoms with van der Waals surface area (Å²) in [4.78, 5) is 11.5. The van der Waals surface area contributed by atoms with E-state index in [-0.39, 0.29) is 5.88 Å². The van der Waals surface area contributed by atoms with Gasteiger partial charge in [0.2, 0.25) is 5.88 Å². The molecule has 0 amide bonds. The van der Waals surface area contributed by atoms with Crippen LogP contribution in [0.5, 0.6) is 0 Å². The fraction of sp³-hybridized carbons (Fsp3) is 0.286. The van der Waals surface area contributed by atoms with Crippen molar-refractivity contribution >= 4 is 29.1 Å². The van der Waals surface area contributed by atoms with E-state index in [1.54, 1.807) is 4.90 Å². The van der Waals surface area contributed by atoms with Crippen LogP contribution in [0.15, 0.2) is 16.5 Å². The second-order valence-electron chi connectivity index (χ2n) is 2.75. The summed E-state index contributed by atoms with van der Waals surface area (Å²) in [7, 11) is 0. The largest absolute Gasteiger partial charge is 0.434 e. The number of nitrogens with one attached hydrogen (secondary N) is 1. The molecule has 2 heterocycles. The Balaban J connectivity index is 2.24. The Bertz CT molecular complexity index is 389. The highest BCUT2D eigenvalue weighted by Gasteiger charge is 2.23. The Morgan fingerprint density at radius 3 is 2.93 bits per heavy atom. The second kappa shape index (κ2) is 3.26. The van der Waals surface area contributed by atoms with Crippen molar-refractivity contribution < 1.29 is 9.34 Å². The number of furan rings is 1. The molecule has 74 valence electrons. The Morgan fingerprint density at radius 2 is 2.43 bits per heavy atom. The smallest absolute Gasteiger partial charge is 0.384 e. The summed E-state index contributed by atoms with van der Waals surface area (Å²) in [6.45, 7) is 1.40. The third-order valence-corrected chi connectivity index (χ3v) is 2.25. The first-order valence-corrected chi connectivity index (χ1v) is 4.39. The first-order valence-electron chi connectivity index (χ1n) is 3.98. The highest BCUT2D eigenvalue weighted by Crippen LogP contribution is 2.24. The topological polar surface area (TPSA) is 71.6 Å². The Kier molecular flexibility index (Phi) is 2.08. The zero-order valence-corrected chi connectivity index (χ0v) is 7.91. The molecule has 1 fully saturated rings. The summed E-state index contributed by atoms with van der Waals surface area (Å²) in [6.07, 6.45) is 0. The van der Waals surface area contributed by atoms with Crippen LogP contribution in [-0.4, -0.2) is 23.1 Å². The fourth-order valence-corrected chi connectivity index (χ4v) is 1.53. The van der Waals surface area contributed by atoms with E-state index >= 15 is 0 Å². The Labute approximate surface area is 84.6 Å². The lowest BCUT2D eigenvalue weighted by Crippen LogP contribution is -2.26. The summed E-state index contributed by atoms with van der Waals surface area (Å²) in [5.41, 5.74) is 0. The average molecular weight is 213 g/mol. The van der Waals surface area contributed by atoms with Crippen LogP contribution in [0.2, 0.25) is 0 Å². The molecule has 0 atom stereocenters. The summed E-state index contributed by atoms with van der Waals surface area (Å²) < 4.78 is 5.00. The SMILES string of the molecule is O=[N+]([O-])c1ccc(N2CCNC2=S)o1. The van der Waals surface area contributed by atoms with Crippen molar-refractivity contribution in [2.24, 2.45) is 0 Å². The highest BCUT2D eigenvalue weighted by atomic mass is 32.1. The van der Waals surface area contributed by atoms with Crippen LogP contribution in [0.4, 0.5) is 11.8 Å². The van der Waals surface area contributed by atoms with Gasteiger partial charge in [-0.15, -0.1) is 0 Å². The molecule has 14 heavy (non-hydrogen) atoms. The molecule has 0 unspecified atom stereocenters. The minimum Gasteiger partial charge on any atom is -0.384 e. The first kappa shape index (κ1) is 8.95. The monoisotopic (exact) mass is 213 g/mol. The van der Waals surface area contributed by atoms with E-state index in [0.29, 0.717) is 17.5 Å². The van der Waals surface area contributed by atoms with Crippen molar-refractivity contribution in [1.29, 1.82) is 0 Å². The van der Waals surface area contributed by atoms with Crippen LogP contribution in [0.25, 0.3) is 0 Å². The van der Waals surface area contributed by atoms with Crippen LogP contribution >= 0.6 is 12.2 Å². The van der Waals surface area contributed by atoms with E-state index in [9.17, 15) is 10.1 Å². The summed E-state index contributed by atoms with van der Waals surface area (Å²) in [5, 5.41) is 13.8. The van der Waals surface area contributed by atoms with Crippen LogP contribution in [0.3, 0.4) is 0 Å². The van der Waals surface area contributed by atoms with Crippen molar-refractivity contribution in [3.8, 4) is 0 Å². The highest BCUT2D eigenvalue weighted by molar-refractivity contribution is 7.80. The number of rotatable bonds is 2. The molecule has 1 N–H and O–H groups in total. The molecule has 0 bridgehead atoms. The van der Waals surface area contributed by atoms with Crippen LogP contribution < -0.4 is 10.2 Å². The minimum atomic E-state index is -0.573. The molecule has 1 saturated heterocycles. The average Bonchev–Trinajstić information content (AvgIpc) is 2.71. The molecule has 1 aromatic rings. The van der Waals surface area contributed by atoms with Gasteiger partial charge in [0.05, 0.1) is 6.07 Å². The van der Waals surface area contributed by atoms with Gasteiger partial charge in [-0.1, -0.05) is 0 Å². The molecule has 6 nitrogen and oxygen atoms in total. The van der Waals surface area contributed by atoms with Gasteiger partial charge in [-0.3, -0.25) is 15.0 Å². The van der Waals surface area contributed by atoms with E-state index in [1.165, 1.54) is 12.1 Å². The van der Waals surface area contributed by atoms with Crippen molar-refractivity contribution in [1.82, 2.24) is 5.32 Å². The van der Waals surface area contributed by atoms with Gasteiger partial charge in [-0.25, -0.2) is 0 Å². The molecule has 0 spiro atoms. The second-order valence-corrected chi connectivity index (χ2v) is 3.14. The van der Waals surface area contributed by atoms with Gasteiger partial charge >= 0.3 is 5.88 Å². The molecular formula is C7H7N3O3S. The zero-order valence-electron chi connectivity index (χ0n) is 7.10.